The van der Waals surface area contributed by atoms with Gasteiger partial charge in [0.25, 0.3) is 5.91 Å². The van der Waals surface area contributed by atoms with Gasteiger partial charge in [0.2, 0.25) is 0 Å². The summed E-state index contributed by atoms with van der Waals surface area (Å²) >= 11 is 1.49. The molecule has 0 radical (unpaired) electrons. The van der Waals surface area contributed by atoms with Gasteiger partial charge in [0.15, 0.2) is 0 Å². The Kier molecular flexibility index (Phi) is 7.71. The molecule has 0 aliphatic carbocycles. The lowest BCUT2D eigenvalue weighted by molar-refractivity contribution is 0.0944. The standard InChI is InChI=1S/C24H28FN3OS/c1-17(2)12-26-24(29)22-16-30-23(27-22)15-28(13-19-6-4-18(3)5-7-19)14-20-8-10-21(25)11-9-20/h4-11,16-17H,12-15H2,1-3H3,(H,26,29). The van der Waals surface area contributed by atoms with Gasteiger partial charge in [-0.25, -0.2) is 9.37 Å². The Morgan fingerprint density at radius 2 is 1.63 bits per heavy atom. The smallest absolute Gasteiger partial charge is 0.270 e. The number of thiazole rings is 1. The third kappa shape index (κ3) is 6.75. The number of nitrogens with zero attached hydrogens (tertiary/aromatic N) is 2. The summed E-state index contributed by atoms with van der Waals surface area (Å²) in [6.45, 7) is 8.86. The van der Waals surface area contributed by atoms with Crippen molar-refractivity contribution in [1.82, 2.24) is 15.2 Å². The van der Waals surface area contributed by atoms with E-state index >= 15 is 0 Å². The molecule has 1 N–H and O–H groups in total. The highest BCUT2D eigenvalue weighted by molar-refractivity contribution is 7.09. The molecule has 0 aliphatic rings. The van der Waals surface area contributed by atoms with Crippen LogP contribution in [0.1, 0.15) is 46.0 Å². The molecule has 0 saturated carbocycles. The van der Waals surface area contributed by atoms with E-state index in [2.05, 4.69) is 60.2 Å². The molecule has 0 unspecified atom stereocenters. The maximum absolute atomic E-state index is 13.3. The van der Waals surface area contributed by atoms with Gasteiger partial charge in [-0.1, -0.05) is 55.8 Å². The van der Waals surface area contributed by atoms with Crippen molar-refractivity contribution in [3.63, 3.8) is 0 Å². The van der Waals surface area contributed by atoms with Crippen molar-refractivity contribution in [1.29, 1.82) is 0 Å². The third-order valence-corrected chi connectivity index (χ3v) is 5.49. The van der Waals surface area contributed by atoms with E-state index in [4.69, 9.17) is 0 Å². The molecule has 30 heavy (non-hydrogen) atoms. The van der Waals surface area contributed by atoms with E-state index in [-0.39, 0.29) is 11.7 Å². The largest absolute Gasteiger partial charge is 0.350 e. The Morgan fingerprint density at radius 1 is 1.03 bits per heavy atom. The predicted octanol–water partition coefficient (Wildman–Crippen LogP) is 5.18. The number of hydrogen-bond acceptors (Lipinski definition) is 4. The van der Waals surface area contributed by atoms with Crippen molar-refractivity contribution >= 4 is 17.2 Å². The predicted molar refractivity (Wildman–Crippen MR) is 120 cm³/mol. The average Bonchev–Trinajstić information content (AvgIpc) is 3.18. The van der Waals surface area contributed by atoms with Crippen LogP contribution in [0.5, 0.6) is 0 Å². The minimum Gasteiger partial charge on any atom is -0.350 e. The second-order valence-corrected chi connectivity index (χ2v) is 8.93. The monoisotopic (exact) mass is 425 g/mol. The van der Waals surface area contributed by atoms with Gasteiger partial charge in [0, 0.05) is 25.0 Å². The van der Waals surface area contributed by atoms with Gasteiger partial charge in [-0.2, -0.15) is 0 Å². The van der Waals surface area contributed by atoms with Gasteiger partial charge in [0.1, 0.15) is 16.5 Å². The Balaban J connectivity index is 1.72. The molecular weight excluding hydrogens is 397 g/mol. The lowest BCUT2D eigenvalue weighted by Gasteiger charge is -2.21. The zero-order valence-corrected chi connectivity index (χ0v) is 18.5. The summed E-state index contributed by atoms with van der Waals surface area (Å²) in [5.74, 6) is 0.0309. The summed E-state index contributed by atoms with van der Waals surface area (Å²) in [5, 5.41) is 5.61. The summed E-state index contributed by atoms with van der Waals surface area (Å²) in [6.07, 6.45) is 0. The van der Waals surface area contributed by atoms with Crippen molar-refractivity contribution in [2.24, 2.45) is 5.92 Å². The van der Waals surface area contributed by atoms with E-state index < -0.39 is 0 Å². The van der Waals surface area contributed by atoms with Gasteiger partial charge in [0.05, 0.1) is 6.54 Å². The Labute approximate surface area is 181 Å². The van der Waals surface area contributed by atoms with Crippen LogP contribution in [0.25, 0.3) is 0 Å². The van der Waals surface area contributed by atoms with E-state index in [1.165, 1.54) is 34.6 Å². The second kappa shape index (κ2) is 10.5. The van der Waals surface area contributed by atoms with Gasteiger partial charge in [-0.05, 0) is 36.1 Å². The average molecular weight is 426 g/mol. The summed E-state index contributed by atoms with van der Waals surface area (Å²) in [5.41, 5.74) is 3.93. The maximum Gasteiger partial charge on any atom is 0.270 e. The van der Waals surface area contributed by atoms with E-state index in [1.54, 1.807) is 0 Å². The Morgan fingerprint density at radius 3 is 2.23 bits per heavy atom. The molecule has 0 spiro atoms. The number of hydrogen-bond donors (Lipinski definition) is 1. The lowest BCUT2D eigenvalue weighted by Crippen LogP contribution is -2.27. The normalized spacial score (nSPS) is 11.3. The van der Waals surface area contributed by atoms with Crippen LogP contribution in [-0.4, -0.2) is 22.3 Å². The molecule has 2 aromatic carbocycles. The first-order chi connectivity index (χ1) is 14.4. The van der Waals surface area contributed by atoms with E-state index in [9.17, 15) is 9.18 Å². The molecule has 1 amide bonds. The van der Waals surface area contributed by atoms with Gasteiger partial charge in [-0.3, -0.25) is 9.69 Å². The zero-order valence-electron chi connectivity index (χ0n) is 17.7. The molecule has 0 saturated heterocycles. The number of nitrogens with one attached hydrogen (secondary N) is 1. The number of aryl methyl sites for hydroxylation is 1. The highest BCUT2D eigenvalue weighted by Crippen LogP contribution is 2.18. The number of benzene rings is 2. The number of aromatic nitrogens is 1. The second-order valence-electron chi connectivity index (χ2n) is 7.99. The molecular formula is C24H28FN3OS. The van der Waals surface area contributed by atoms with E-state index in [0.717, 1.165) is 17.1 Å². The molecule has 3 rings (SSSR count). The number of amides is 1. The van der Waals surface area contributed by atoms with Crippen LogP contribution in [0.2, 0.25) is 0 Å². The maximum atomic E-state index is 13.3. The van der Waals surface area contributed by atoms with Crippen LogP contribution in [0, 0.1) is 18.7 Å². The zero-order chi connectivity index (χ0) is 21.5. The highest BCUT2D eigenvalue weighted by atomic mass is 32.1. The number of rotatable bonds is 9. The third-order valence-electron chi connectivity index (χ3n) is 4.66. The van der Waals surface area contributed by atoms with Crippen LogP contribution >= 0.6 is 11.3 Å². The SMILES string of the molecule is Cc1ccc(CN(Cc2ccc(F)cc2)Cc2nc(C(=O)NCC(C)C)cs2)cc1. The van der Waals surface area contributed by atoms with E-state index in [0.29, 0.717) is 31.2 Å². The molecule has 0 atom stereocenters. The summed E-state index contributed by atoms with van der Waals surface area (Å²) in [7, 11) is 0. The van der Waals surface area contributed by atoms with Crippen molar-refractivity contribution in [3.8, 4) is 0 Å². The molecule has 4 nitrogen and oxygen atoms in total. The number of carbonyl (C=O) groups is 1. The molecule has 1 aromatic heterocycles. The molecule has 0 aliphatic heterocycles. The molecule has 1 heterocycles. The van der Waals surface area contributed by atoms with Gasteiger partial charge < -0.3 is 5.32 Å². The van der Waals surface area contributed by atoms with Gasteiger partial charge in [-0.15, -0.1) is 11.3 Å². The quantitative estimate of drug-likeness (QED) is 0.514. The number of carbonyl (C=O) groups excluding carboxylic acids is 1. The van der Waals surface area contributed by atoms with E-state index in [1.807, 2.05) is 17.5 Å². The first-order valence-electron chi connectivity index (χ1n) is 10.1. The van der Waals surface area contributed by atoms with Crippen molar-refractivity contribution in [3.05, 3.63) is 87.1 Å². The first-order valence-corrected chi connectivity index (χ1v) is 11.0. The minimum absolute atomic E-state index is 0.130. The first kappa shape index (κ1) is 22.1. The highest BCUT2D eigenvalue weighted by Gasteiger charge is 2.15. The van der Waals surface area contributed by atoms with Crippen molar-refractivity contribution in [2.75, 3.05) is 6.54 Å². The van der Waals surface area contributed by atoms with Crippen molar-refractivity contribution < 1.29 is 9.18 Å². The summed E-state index contributed by atoms with van der Waals surface area (Å²) in [4.78, 5) is 19.1. The fraction of sp³-hybridized carbons (Fsp3) is 0.333. The summed E-state index contributed by atoms with van der Waals surface area (Å²) < 4.78 is 13.3. The number of halogens is 1. The lowest BCUT2D eigenvalue weighted by atomic mass is 10.1. The topological polar surface area (TPSA) is 45.2 Å². The van der Waals surface area contributed by atoms with Gasteiger partial charge >= 0.3 is 0 Å². The molecule has 3 aromatic rings. The molecule has 0 bridgehead atoms. The van der Waals surface area contributed by atoms with Crippen LogP contribution in [0.3, 0.4) is 0 Å². The minimum atomic E-state index is -0.235. The fourth-order valence-corrected chi connectivity index (χ4v) is 3.85. The van der Waals surface area contributed by atoms with Crippen molar-refractivity contribution in [2.45, 2.75) is 40.4 Å². The molecule has 158 valence electrons. The Bertz CT molecular complexity index is 904. The van der Waals surface area contributed by atoms with Crippen LogP contribution < -0.4 is 5.32 Å². The molecule has 6 heteroatoms. The van der Waals surface area contributed by atoms with Crippen LogP contribution in [0.15, 0.2) is 53.9 Å². The van der Waals surface area contributed by atoms with Crippen LogP contribution in [0.4, 0.5) is 4.39 Å². The summed E-state index contributed by atoms with van der Waals surface area (Å²) in [6, 6.07) is 15.0. The molecule has 0 fully saturated rings. The fourth-order valence-electron chi connectivity index (χ4n) is 3.03. The van der Waals surface area contributed by atoms with Crippen LogP contribution in [-0.2, 0) is 19.6 Å². The Hall–Kier alpha value is -2.57.